The van der Waals surface area contributed by atoms with Gasteiger partial charge >= 0.3 is 0 Å². The molecule has 0 radical (unpaired) electrons. The number of hydrogen-bond donors (Lipinski definition) is 1. The molecular weight excluding hydrogens is 198 g/mol. The molecule has 2 rings (SSSR count). The van der Waals surface area contributed by atoms with Crippen molar-refractivity contribution in [2.45, 2.75) is 58.4 Å². The topological polar surface area (TPSA) is 51.8 Å². The van der Waals surface area contributed by atoms with E-state index in [1.807, 2.05) is 0 Å². The van der Waals surface area contributed by atoms with Gasteiger partial charge in [-0.15, -0.1) is 0 Å². The summed E-state index contributed by atoms with van der Waals surface area (Å²) in [5.41, 5.74) is 9.00. The van der Waals surface area contributed by atoms with E-state index in [2.05, 4.69) is 23.8 Å². The Balaban J connectivity index is 2.29. The Morgan fingerprint density at radius 3 is 2.44 bits per heavy atom. The molecule has 0 saturated heterocycles. The molecule has 3 heteroatoms. The third-order valence-corrected chi connectivity index (χ3v) is 3.67. The Morgan fingerprint density at radius 2 is 1.81 bits per heavy atom. The van der Waals surface area contributed by atoms with E-state index in [-0.39, 0.29) is 0 Å². The monoisotopic (exact) mass is 219 g/mol. The van der Waals surface area contributed by atoms with E-state index in [9.17, 15) is 0 Å². The van der Waals surface area contributed by atoms with Crippen molar-refractivity contribution in [1.29, 1.82) is 0 Å². The number of hydrogen-bond acceptors (Lipinski definition) is 3. The van der Waals surface area contributed by atoms with Crippen molar-refractivity contribution < 1.29 is 0 Å². The number of nitrogens with zero attached hydrogens (tertiary/aromatic N) is 2. The zero-order valence-electron chi connectivity index (χ0n) is 10.3. The van der Waals surface area contributed by atoms with Gasteiger partial charge in [0.15, 0.2) is 0 Å². The SMILES string of the molecule is Cc1nc(C2CCCCC2)nc(CN)c1C. The number of aromatic nitrogens is 2. The van der Waals surface area contributed by atoms with Crippen molar-refractivity contribution in [2.24, 2.45) is 5.73 Å². The van der Waals surface area contributed by atoms with Crippen molar-refractivity contribution in [3.05, 3.63) is 22.8 Å². The second kappa shape index (κ2) is 4.91. The van der Waals surface area contributed by atoms with Crippen LogP contribution in [-0.4, -0.2) is 9.97 Å². The summed E-state index contributed by atoms with van der Waals surface area (Å²) in [5.74, 6) is 1.60. The average molecular weight is 219 g/mol. The molecule has 1 aliphatic rings. The van der Waals surface area contributed by atoms with Gasteiger partial charge in [-0.3, -0.25) is 0 Å². The standard InChI is InChI=1S/C13H21N3/c1-9-10(2)15-13(16-12(9)8-14)11-6-4-3-5-7-11/h11H,3-8,14H2,1-2H3. The van der Waals surface area contributed by atoms with Gasteiger partial charge in [-0.05, 0) is 32.3 Å². The predicted molar refractivity (Wildman–Crippen MR) is 65.2 cm³/mol. The summed E-state index contributed by atoms with van der Waals surface area (Å²) in [6.45, 7) is 4.64. The Bertz CT molecular complexity index is 368. The lowest BCUT2D eigenvalue weighted by atomic mass is 9.88. The largest absolute Gasteiger partial charge is 0.325 e. The van der Waals surface area contributed by atoms with Crippen LogP contribution in [0.4, 0.5) is 0 Å². The van der Waals surface area contributed by atoms with Crippen LogP contribution in [0.3, 0.4) is 0 Å². The molecule has 0 spiro atoms. The maximum atomic E-state index is 5.73. The molecule has 0 bridgehead atoms. The van der Waals surface area contributed by atoms with E-state index in [0.717, 1.165) is 22.8 Å². The zero-order valence-corrected chi connectivity index (χ0v) is 10.3. The lowest BCUT2D eigenvalue weighted by molar-refractivity contribution is 0.426. The second-order valence-electron chi connectivity index (χ2n) is 4.78. The molecule has 0 unspecified atom stereocenters. The predicted octanol–water partition coefficient (Wildman–Crippen LogP) is 2.60. The average Bonchev–Trinajstić information content (AvgIpc) is 2.33. The number of aryl methyl sites for hydroxylation is 1. The minimum Gasteiger partial charge on any atom is -0.325 e. The summed E-state index contributed by atoms with van der Waals surface area (Å²) in [6, 6.07) is 0. The summed E-state index contributed by atoms with van der Waals surface area (Å²) in [4.78, 5) is 9.28. The maximum Gasteiger partial charge on any atom is 0.132 e. The van der Waals surface area contributed by atoms with Crippen LogP contribution in [0, 0.1) is 13.8 Å². The molecule has 0 atom stereocenters. The summed E-state index contributed by atoms with van der Waals surface area (Å²) in [5, 5.41) is 0. The van der Waals surface area contributed by atoms with E-state index in [1.54, 1.807) is 0 Å². The third-order valence-electron chi connectivity index (χ3n) is 3.67. The fraction of sp³-hybridized carbons (Fsp3) is 0.692. The minimum absolute atomic E-state index is 0.523. The van der Waals surface area contributed by atoms with Crippen LogP contribution in [0.25, 0.3) is 0 Å². The van der Waals surface area contributed by atoms with Crippen molar-refractivity contribution in [3.63, 3.8) is 0 Å². The molecule has 1 aromatic rings. The molecule has 1 aromatic heterocycles. The van der Waals surface area contributed by atoms with Crippen molar-refractivity contribution >= 4 is 0 Å². The maximum absolute atomic E-state index is 5.73. The third kappa shape index (κ3) is 2.24. The Hall–Kier alpha value is -0.960. The van der Waals surface area contributed by atoms with E-state index in [1.165, 1.54) is 32.1 Å². The van der Waals surface area contributed by atoms with Crippen LogP contribution in [0.15, 0.2) is 0 Å². The van der Waals surface area contributed by atoms with Crippen molar-refractivity contribution in [2.75, 3.05) is 0 Å². The smallest absolute Gasteiger partial charge is 0.132 e. The normalized spacial score (nSPS) is 17.7. The van der Waals surface area contributed by atoms with Gasteiger partial charge in [0.25, 0.3) is 0 Å². The van der Waals surface area contributed by atoms with E-state index in [0.29, 0.717) is 12.5 Å². The first-order valence-corrected chi connectivity index (χ1v) is 6.26. The molecule has 1 fully saturated rings. The Morgan fingerprint density at radius 1 is 1.12 bits per heavy atom. The molecule has 0 aromatic carbocycles. The summed E-state index contributed by atoms with van der Waals surface area (Å²) < 4.78 is 0. The number of rotatable bonds is 2. The van der Waals surface area contributed by atoms with Gasteiger partial charge in [0, 0.05) is 18.2 Å². The first kappa shape index (κ1) is 11.5. The molecule has 3 nitrogen and oxygen atoms in total. The van der Waals surface area contributed by atoms with Gasteiger partial charge in [-0.2, -0.15) is 0 Å². The fourth-order valence-electron chi connectivity index (χ4n) is 2.45. The van der Waals surface area contributed by atoms with Gasteiger partial charge in [0.1, 0.15) is 5.82 Å². The highest BCUT2D eigenvalue weighted by Gasteiger charge is 2.19. The van der Waals surface area contributed by atoms with Gasteiger partial charge in [-0.1, -0.05) is 19.3 Å². The highest BCUT2D eigenvalue weighted by molar-refractivity contribution is 5.24. The molecule has 0 amide bonds. The first-order valence-electron chi connectivity index (χ1n) is 6.26. The lowest BCUT2D eigenvalue weighted by Gasteiger charge is -2.21. The van der Waals surface area contributed by atoms with Crippen LogP contribution in [0.5, 0.6) is 0 Å². The zero-order chi connectivity index (χ0) is 11.5. The van der Waals surface area contributed by atoms with Crippen molar-refractivity contribution in [1.82, 2.24) is 9.97 Å². The fourth-order valence-corrected chi connectivity index (χ4v) is 2.45. The van der Waals surface area contributed by atoms with Crippen LogP contribution in [0.2, 0.25) is 0 Å². The van der Waals surface area contributed by atoms with Crippen LogP contribution in [-0.2, 0) is 6.54 Å². The lowest BCUT2D eigenvalue weighted by Crippen LogP contribution is -2.14. The highest BCUT2D eigenvalue weighted by atomic mass is 14.9. The molecule has 88 valence electrons. The summed E-state index contributed by atoms with van der Waals surface area (Å²) in [6.07, 6.45) is 6.49. The quantitative estimate of drug-likeness (QED) is 0.831. The van der Waals surface area contributed by atoms with Gasteiger partial charge < -0.3 is 5.73 Å². The molecule has 0 aliphatic heterocycles. The van der Waals surface area contributed by atoms with Crippen molar-refractivity contribution in [3.8, 4) is 0 Å². The molecule has 1 heterocycles. The molecular formula is C13H21N3. The molecule has 1 saturated carbocycles. The second-order valence-corrected chi connectivity index (χ2v) is 4.78. The molecule has 1 aliphatic carbocycles. The van der Waals surface area contributed by atoms with Crippen LogP contribution < -0.4 is 5.73 Å². The van der Waals surface area contributed by atoms with E-state index >= 15 is 0 Å². The van der Waals surface area contributed by atoms with E-state index in [4.69, 9.17) is 5.73 Å². The summed E-state index contributed by atoms with van der Waals surface area (Å²) in [7, 11) is 0. The van der Waals surface area contributed by atoms with Crippen LogP contribution in [0.1, 0.15) is 60.8 Å². The van der Waals surface area contributed by atoms with Gasteiger partial charge in [0.05, 0.1) is 5.69 Å². The summed E-state index contributed by atoms with van der Waals surface area (Å²) >= 11 is 0. The number of nitrogens with two attached hydrogens (primary N) is 1. The Kier molecular flexibility index (Phi) is 3.54. The van der Waals surface area contributed by atoms with Crippen LogP contribution >= 0.6 is 0 Å². The molecule has 16 heavy (non-hydrogen) atoms. The van der Waals surface area contributed by atoms with E-state index < -0.39 is 0 Å². The highest BCUT2D eigenvalue weighted by Crippen LogP contribution is 2.31. The minimum atomic E-state index is 0.523. The molecule has 2 N–H and O–H groups in total. The first-order chi connectivity index (χ1) is 7.72. The van der Waals surface area contributed by atoms with Gasteiger partial charge in [-0.25, -0.2) is 9.97 Å². The Labute approximate surface area is 97.5 Å². The van der Waals surface area contributed by atoms with Gasteiger partial charge in [0.2, 0.25) is 0 Å².